The van der Waals surface area contributed by atoms with Gasteiger partial charge >= 0.3 is 6.03 Å². The molecule has 0 bridgehead atoms. The molecule has 4 heteroatoms. The van der Waals surface area contributed by atoms with Gasteiger partial charge in [0.25, 0.3) is 0 Å². The molecule has 1 aromatic carbocycles. The molecule has 0 aromatic heterocycles. The zero-order valence-corrected chi connectivity index (χ0v) is 10.0. The van der Waals surface area contributed by atoms with Crippen molar-refractivity contribution in [2.45, 2.75) is 26.4 Å². The highest BCUT2D eigenvalue weighted by Crippen LogP contribution is 2.10. The first-order valence-corrected chi connectivity index (χ1v) is 5.37. The van der Waals surface area contributed by atoms with E-state index >= 15 is 0 Å². The number of carbonyl (C=O) groups is 1. The Morgan fingerprint density at radius 2 is 1.94 bits per heavy atom. The van der Waals surface area contributed by atoms with Crippen LogP contribution in [-0.2, 0) is 6.54 Å². The Labute approximate surface area is 96.4 Å². The van der Waals surface area contributed by atoms with Gasteiger partial charge in [0, 0.05) is 25.3 Å². The van der Waals surface area contributed by atoms with Crippen LogP contribution in [0.25, 0.3) is 0 Å². The lowest BCUT2D eigenvalue weighted by Gasteiger charge is -2.26. The fourth-order valence-electron chi connectivity index (χ4n) is 1.45. The summed E-state index contributed by atoms with van der Waals surface area (Å²) in [7, 11) is 1.64. The van der Waals surface area contributed by atoms with Crippen LogP contribution in [0.4, 0.5) is 10.5 Å². The second-order valence-corrected chi connectivity index (χ2v) is 4.02. The van der Waals surface area contributed by atoms with Gasteiger partial charge in [-0.1, -0.05) is 12.1 Å². The van der Waals surface area contributed by atoms with E-state index in [4.69, 9.17) is 5.73 Å². The van der Waals surface area contributed by atoms with Crippen LogP contribution >= 0.6 is 0 Å². The van der Waals surface area contributed by atoms with Crippen molar-refractivity contribution in [2.75, 3.05) is 12.8 Å². The zero-order valence-electron chi connectivity index (χ0n) is 10.0. The highest BCUT2D eigenvalue weighted by molar-refractivity contribution is 5.74. The number of urea groups is 1. The van der Waals surface area contributed by atoms with Gasteiger partial charge < -0.3 is 16.0 Å². The van der Waals surface area contributed by atoms with Crippen molar-refractivity contribution in [1.29, 1.82) is 0 Å². The fraction of sp³-hybridized carbons (Fsp3) is 0.417. The maximum Gasteiger partial charge on any atom is 0.317 e. The van der Waals surface area contributed by atoms with E-state index < -0.39 is 0 Å². The number of anilines is 1. The Bertz CT molecular complexity index is 346. The predicted octanol–water partition coefficient (Wildman–Crippen LogP) is 1.82. The predicted molar refractivity (Wildman–Crippen MR) is 66.0 cm³/mol. The van der Waals surface area contributed by atoms with Crippen molar-refractivity contribution in [3.8, 4) is 0 Å². The van der Waals surface area contributed by atoms with E-state index in [1.165, 1.54) is 0 Å². The van der Waals surface area contributed by atoms with Crippen molar-refractivity contribution in [1.82, 2.24) is 10.2 Å². The molecule has 1 rings (SSSR count). The van der Waals surface area contributed by atoms with Crippen LogP contribution in [0, 0.1) is 0 Å². The molecular weight excluding hydrogens is 202 g/mol. The van der Waals surface area contributed by atoms with Crippen LogP contribution in [0.5, 0.6) is 0 Å². The Hall–Kier alpha value is -1.71. The molecule has 88 valence electrons. The molecule has 3 N–H and O–H groups in total. The molecule has 0 heterocycles. The number of rotatable bonds is 3. The van der Waals surface area contributed by atoms with Crippen molar-refractivity contribution in [3.63, 3.8) is 0 Å². The summed E-state index contributed by atoms with van der Waals surface area (Å²) in [6, 6.07) is 7.67. The molecular formula is C12H19N3O. The van der Waals surface area contributed by atoms with Crippen LogP contribution in [0.1, 0.15) is 19.4 Å². The standard InChI is InChI=1S/C12H19N3O/c1-9(2)15(12(16)14-3)8-10-4-6-11(13)7-5-10/h4-7,9H,8,13H2,1-3H3,(H,14,16). The minimum Gasteiger partial charge on any atom is -0.399 e. The summed E-state index contributed by atoms with van der Waals surface area (Å²) in [5.41, 5.74) is 7.42. The largest absolute Gasteiger partial charge is 0.399 e. The van der Waals surface area contributed by atoms with E-state index in [2.05, 4.69) is 5.32 Å². The lowest BCUT2D eigenvalue weighted by molar-refractivity contribution is 0.182. The summed E-state index contributed by atoms with van der Waals surface area (Å²) >= 11 is 0. The van der Waals surface area contributed by atoms with Crippen molar-refractivity contribution >= 4 is 11.7 Å². The van der Waals surface area contributed by atoms with Crippen molar-refractivity contribution in [2.24, 2.45) is 0 Å². The van der Waals surface area contributed by atoms with E-state index in [0.29, 0.717) is 6.54 Å². The second kappa shape index (κ2) is 5.39. The molecule has 0 saturated heterocycles. The van der Waals surface area contributed by atoms with Crippen LogP contribution < -0.4 is 11.1 Å². The molecule has 0 radical (unpaired) electrons. The number of nitrogen functional groups attached to an aromatic ring is 1. The Morgan fingerprint density at radius 3 is 2.38 bits per heavy atom. The smallest absolute Gasteiger partial charge is 0.317 e. The number of carbonyl (C=O) groups excluding carboxylic acids is 1. The number of amides is 2. The van der Waals surface area contributed by atoms with Gasteiger partial charge in [-0.3, -0.25) is 0 Å². The van der Waals surface area contributed by atoms with Crippen LogP contribution in [0.15, 0.2) is 24.3 Å². The van der Waals surface area contributed by atoms with Crippen LogP contribution in [0.2, 0.25) is 0 Å². The summed E-state index contributed by atoms with van der Waals surface area (Å²) in [5.74, 6) is 0. The highest BCUT2D eigenvalue weighted by atomic mass is 16.2. The lowest BCUT2D eigenvalue weighted by atomic mass is 10.2. The molecule has 4 nitrogen and oxygen atoms in total. The maximum atomic E-state index is 11.6. The summed E-state index contributed by atoms with van der Waals surface area (Å²) in [6.07, 6.45) is 0. The summed E-state index contributed by atoms with van der Waals surface area (Å²) in [6.45, 7) is 4.58. The molecule has 0 atom stereocenters. The SMILES string of the molecule is CNC(=O)N(Cc1ccc(N)cc1)C(C)C. The lowest BCUT2D eigenvalue weighted by Crippen LogP contribution is -2.41. The summed E-state index contributed by atoms with van der Waals surface area (Å²) < 4.78 is 0. The van der Waals surface area contributed by atoms with Gasteiger partial charge in [-0.2, -0.15) is 0 Å². The molecule has 0 aliphatic rings. The van der Waals surface area contributed by atoms with Gasteiger partial charge in [0.15, 0.2) is 0 Å². The van der Waals surface area contributed by atoms with E-state index in [9.17, 15) is 4.79 Å². The number of benzene rings is 1. The number of hydrogen-bond donors (Lipinski definition) is 2. The zero-order chi connectivity index (χ0) is 12.1. The van der Waals surface area contributed by atoms with Gasteiger partial charge in [0.1, 0.15) is 0 Å². The number of nitrogens with zero attached hydrogens (tertiary/aromatic N) is 1. The molecule has 2 amide bonds. The fourth-order valence-corrected chi connectivity index (χ4v) is 1.45. The Kier molecular flexibility index (Phi) is 4.17. The normalized spacial score (nSPS) is 10.2. The number of nitrogens with two attached hydrogens (primary N) is 1. The van der Waals surface area contributed by atoms with E-state index in [-0.39, 0.29) is 12.1 Å². The topological polar surface area (TPSA) is 58.4 Å². The minimum atomic E-state index is -0.0631. The van der Waals surface area contributed by atoms with Gasteiger partial charge in [0.05, 0.1) is 0 Å². The first-order valence-electron chi connectivity index (χ1n) is 5.37. The first-order chi connectivity index (χ1) is 7.54. The molecule has 0 aliphatic carbocycles. The third-order valence-corrected chi connectivity index (χ3v) is 2.43. The molecule has 1 aromatic rings. The van der Waals surface area contributed by atoms with Gasteiger partial charge in [-0.05, 0) is 31.5 Å². The van der Waals surface area contributed by atoms with Crippen LogP contribution in [0.3, 0.4) is 0 Å². The van der Waals surface area contributed by atoms with E-state index in [1.54, 1.807) is 11.9 Å². The second-order valence-electron chi connectivity index (χ2n) is 4.02. The molecule has 0 aliphatic heterocycles. The molecule has 0 unspecified atom stereocenters. The van der Waals surface area contributed by atoms with Gasteiger partial charge in [0.2, 0.25) is 0 Å². The number of hydrogen-bond acceptors (Lipinski definition) is 2. The molecule has 0 spiro atoms. The molecule has 0 saturated carbocycles. The Morgan fingerprint density at radius 1 is 1.38 bits per heavy atom. The maximum absolute atomic E-state index is 11.6. The average Bonchev–Trinajstić information content (AvgIpc) is 2.27. The van der Waals surface area contributed by atoms with Crippen molar-refractivity contribution in [3.05, 3.63) is 29.8 Å². The monoisotopic (exact) mass is 221 g/mol. The number of nitrogens with one attached hydrogen (secondary N) is 1. The third-order valence-electron chi connectivity index (χ3n) is 2.43. The van der Waals surface area contributed by atoms with E-state index in [1.807, 2.05) is 38.1 Å². The van der Waals surface area contributed by atoms with Gasteiger partial charge in [-0.25, -0.2) is 4.79 Å². The third kappa shape index (κ3) is 3.15. The average molecular weight is 221 g/mol. The van der Waals surface area contributed by atoms with E-state index in [0.717, 1.165) is 11.3 Å². The molecule has 0 fully saturated rings. The quantitative estimate of drug-likeness (QED) is 0.765. The molecule has 16 heavy (non-hydrogen) atoms. The Balaban J connectivity index is 2.75. The van der Waals surface area contributed by atoms with Crippen molar-refractivity contribution < 1.29 is 4.79 Å². The minimum absolute atomic E-state index is 0.0631. The highest BCUT2D eigenvalue weighted by Gasteiger charge is 2.15. The van der Waals surface area contributed by atoms with Gasteiger partial charge in [-0.15, -0.1) is 0 Å². The summed E-state index contributed by atoms with van der Waals surface area (Å²) in [4.78, 5) is 13.4. The first kappa shape index (κ1) is 12.4. The van der Waals surface area contributed by atoms with Crippen LogP contribution in [-0.4, -0.2) is 24.0 Å². The summed E-state index contributed by atoms with van der Waals surface area (Å²) in [5, 5.41) is 2.64.